The van der Waals surface area contributed by atoms with Crippen molar-refractivity contribution in [2.75, 3.05) is 0 Å². The first kappa shape index (κ1) is 9.76. The molecule has 66 valence electrons. The molecule has 0 N–H and O–H groups in total. The van der Waals surface area contributed by atoms with Gasteiger partial charge >= 0.3 is 0 Å². The van der Waals surface area contributed by atoms with E-state index in [9.17, 15) is 0 Å². The maximum absolute atomic E-state index is 8.67. The summed E-state index contributed by atoms with van der Waals surface area (Å²) < 4.78 is 0. The van der Waals surface area contributed by atoms with E-state index in [4.69, 9.17) is 16.9 Å². The van der Waals surface area contributed by atoms with Gasteiger partial charge in [-0.3, -0.25) is 0 Å². The van der Waals surface area contributed by atoms with Crippen molar-refractivity contribution in [3.05, 3.63) is 34.1 Å². The second kappa shape index (κ2) is 4.06. The van der Waals surface area contributed by atoms with Crippen molar-refractivity contribution in [3.8, 4) is 6.07 Å². The van der Waals surface area contributed by atoms with Gasteiger partial charge in [0.1, 0.15) is 11.2 Å². The largest absolute Gasteiger partial charge is 0.235 e. The van der Waals surface area contributed by atoms with E-state index in [1.165, 1.54) is 0 Å². The third kappa shape index (κ3) is 2.07. The Balaban J connectivity index is 3.30. The molecule has 0 radical (unpaired) electrons. The second-order valence-corrected chi connectivity index (χ2v) is 3.00. The molecule has 1 rings (SSSR count). The molecule has 1 aromatic rings. The lowest BCUT2D eigenvalue weighted by Crippen LogP contribution is -1.90. The van der Waals surface area contributed by atoms with Gasteiger partial charge in [0.25, 0.3) is 0 Å². The summed E-state index contributed by atoms with van der Waals surface area (Å²) in [6, 6.07) is 3.73. The van der Waals surface area contributed by atoms with Crippen LogP contribution >= 0.6 is 11.6 Å². The number of aromatic nitrogens is 1. The summed E-state index contributed by atoms with van der Waals surface area (Å²) in [5.41, 5.74) is 2.19. The monoisotopic (exact) mass is 192 g/mol. The fraction of sp³-hybridized carbons (Fsp3) is 0.200. The molecule has 0 saturated heterocycles. The van der Waals surface area contributed by atoms with Gasteiger partial charge in [0.15, 0.2) is 0 Å². The van der Waals surface area contributed by atoms with E-state index in [0.29, 0.717) is 5.56 Å². The Bertz CT molecular complexity index is 389. The molecule has 0 aromatic carbocycles. The zero-order valence-electron chi connectivity index (χ0n) is 7.50. The van der Waals surface area contributed by atoms with Gasteiger partial charge in [-0.15, -0.1) is 0 Å². The van der Waals surface area contributed by atoms with Gasteiger partial charge < -0.3 is 0 Å². The standard InChI is InChI=1S/C10H9ClN2/c1-3-4-9-7(2)5-8(6-12)10(11)13-9/h3-5H,1-2H3. The van der Waals surface area contributed by atoms with E-state index in [1.54, 1.807) is 6.07 Å². The zero-order chi connectivity index (χ0) is 9.84. The van der Waals surface area contributed by atoms with Crippen LogP contribution in [0.5, 0.6) is 0 Å². The van der Waals surface area contributed by atoms with E-state index in [1.807, 2.05) is 32.1 Å². The maximum atomic E-state index is 8.67. The summed E-state index contributed by atoms with van der Waals surface area (Å²) in [7, 11) is 0. The first-order chi connectivity index (χ1) is 6.19. The zero-order valence-corrected chi connectivity index (χ0v) is 8.26. The molecule has 3 heteroatoms. The molecule has 1 aromatic heterocycles. The third-order valence-electron chi connectivity index (χ3n) is 1.65. The summed E-state index contributed by atoms with van der Waals surface area (Å²) >= 11 is 5.77. The molecule has 0 aliphatic carbocycles. The smallest absolute Gasteiger partial charge is 0.147 e. The molecule has 0 bridgehead atoms. The molecule has 0 spiro atoms. The maximum Gasteiger partial charge on any atom is 0.147 e. The van der Waals surface area contributed by atoms with Crippen molar-refractivity contribution < 1.29 is 0 Å². The molecule has 2 nitrogen and oxygen atoms in total. The number of aryl methyl sites for hydroxylation is 1. The van der Waals surface area contributed by atoms with Crippen LogP contribution in [0.25, 0.3) is 6.08 Å². The van der Waals surface area contributed by atoms with E-state index in [0.717, 1.165) is 11.3 Å². The predicted molar refractivity (Wildman–Crippen MR) is 53.4 cm³/mol. The topological polar surface area (TPSA) is 36.7 Å². The van der Waals surface area contributed by atoms with Gasteiger partial charge in [-0.05, 0) is 31.6 Å². The molecule has 0 aliphatic heterocycles. The molecule has 0 aliphatic rings. The Labute approximate surface area is 82.5 Å². The summed E-state index contributed by atoms with van der Waals surface area (Å²) in [4.78, 5) is 4.09. The van der Waals surface area contributed by atoms with E-state index < -0.39 is 0 Å². The van der Waals surface area contributed by atoms with E-state index in [-0.39, 0.29) is 5.15 Å². The van der Waals surface area contributed by atoms with Crippen molar-refractivity contribution in [1.82, 2.24) is 4.98 Å². The summed E-state index contributed by atoms with van der Waals surface area (Å²) in [5.74, 6) is 0. The highest BCUT2D eigenvalue weighted by Gasteiger charge is 2.04. The molecule has 13 heavy (non-hydrogen) atoms. The van der Waals surface area contributed by atoms with Crippen LogP contribution in [0.1, 0.15) is 23.7 Å². The lowest BCUT2D eigenvalue weighted by atomic mass is 10.1. The van der Waals surface area contributed by atoms with Crippen LogP contribution in [0.15, 0.2) is 12.1 Å². The van der Waals surface area contributed by atoms with Crippen LogP contribution in [-0.2, 0) is 0 Å². The fourth-order valence-electron chi connectivity index (χ4n) is 1.01. The number of hydrogen-bond acceptors (Lipinski definition) is 2. The number of halogens is 1. The predicted octanol–water partition coefficient (Wildman–Crippen LogP) is 2.95. The number of rotatable bonds is 1. The van der Waals surface area contributed by atoms with Gasteiger partial charge in [0.05, 0.1) is 11.3 Å². The molecule has 0 fully saturated rings. The summed E-state index contributed by atoms with van der Waals surface area (Å²) in [6.07, 6.45) is 3.75. The van der Waals surface area contributed by atoms with Crippen molar-refractivity contribution in [2.45, 2.75) is 13.8 Å². The molecule has 1 heterocycles. The Morgan fingerprint density at radius 2 is 2.31 bits per heavy atom. The number of nitrogens with zero attached hydrogens (tertiary/aromatic N) is 2. The van der Waals surface area contributed by atoms with Crippen molar-refractivity contribution in [1.29, 1.82) is 5.26 Å². The van der Waals surface area contributed by atoms with Crippen LogP contribution in [0, 0.1) is 18.3 Å². The Kier molecular flexibility index (Phi) is 3.05. The second-order valence-electron chi connectivity index (χ2n) is 2.64. The van der Waals surface area contributed by atoms with Gasteiger partial charge in [-0.25, -0.2) is 4.98 Å². The number of nitriles is 1. The molecule has 0 saturated carbocycles. The highest BCUT2D eigenvalue weighted by molar-refractivity contribution is 6.30. The van der Waals surface area contributed by atoms with Crippen molar-refractivity contribution >= 4 is 17.7 Å². The van der Waals surface area contributed by atoms with Gasteiger partial charge in [0, 0.05) is 0 Å². The van der Waals surface area contributed by atoms with Gasteiger partial charge in [-0.2, -0.15) is 5.26 Å². The third-order valence-corrected chi connectivity index (χ3v) is 1.94. The molecule has 0 amide bonds. The Hall–Kier alpha value is -1.33. The lowest BCUT2D eigenvalue weighted by molar-refractivity contribution is 1.22. The average Bonchev–Trinajstić information content (AvgIpc) is 2.11. The van der Waals surface area contributed by atoms with Gasteiger partial charge in [0.2, 0.25) is 0 Å². The number of pyridine rings is 1. The Morgan fingerprint density at radius 1 is 1.62 bits per heavy atom. The van der Waals surface area contributed by atoms with Gasteiger partial charge in [-0.1, -0.05) is 17.7 Å². The Morgan fingerprint density at radius 3 is 2.85 bits per heavy atom. The number of allylic oxidation sites excluding steroid dienone is 1. The summed E-state index contributed by atoms with van der Waals surface area (Å²) in [6.45, 7) is 3.81. The van der Waals surface area contributed by atoms with Crippen LogP contribution in [-0.4, -0.2) is 4.98 Å². The highest BCUT2D eigenvalue weighted by atomic mass is 35.5. The normalized spacial score (nSPS) is 10.3. The highest BCUT2D eigenvalue weighted by Crippen LogP contribution is 2.17. The molecule has 0 unspecified atom stereocenters. The molecular formula is C10H9ClN2. The van der Waals surface area contributed by atoms with Crippen LogP contribution in [0.4, 0.5) is 0 Å². The average molecular weight is 193 g/mol. The van der Waals surface area contributed by atoms with Crippen LogP contribution in [0.3, 0.4) is 0 Å². The lowest BCUT2D eigenvalue weighted by Gasteiger charge is -2.01. The van der Waals surface area contributed by atoms with Crippen LogP contribution < -0.4 is 0 Å². The minimum atomic E-state index is 0.265. The van der Waals surface area contributed by atoms with E-state index in [2.05, 4.69) is 4.98 Å². The van der Waals surface area contributed by atoms with Crippen molar-refractivity contribution in [3.63, 3.8) is 0 Å². The van der Waals surface area contributed by atoms with E-state index >= 15 is 0 Å². The fourth-order valence-corrected chi connectivity index (χ4v) is 1.20. The molecular weight excluding hydrogens is 184 g/mol. The minimum Gasteiger partial charge on any atom is -0.235 e. The van der Waals surface area contributed by atoms with Crippen molar-refractivity contribution in [2.24, 2.45) is 0 Å². The van der Waals surface area contributed by atoms with Crippen LogP contribution in [0.2, 0.25) is 5.15 Å². The molecule has 0 atom stereocenters. The first-order valence-electron chi connectivity index (χ1n) is 3.89. The minimum absolute atomic E-state index is 0.265. The number of hydrogen-bond donors (Lipinski definition) is 0. The summed E-state index contributed by atoms with van der Waals surface area (Å²) in [5, 5.41) is 8.94. The first-order valence-corrected chi connectivity index (χ1v) is 4.26. The SMILES string of the molecule is CC=Cc1nc(Cl)c(C#N)cc1C. The quantitative estimate of drug-likeness (QED) is 0.642.